The van der Waals surface area contributed by atoms with Crippen LogP contribution >= 0.6 is 23.4 Å². The minimum atomic E-state index is -3.31. The number of nitrogens with one attached hydrogen (secondary N) is 1. The molecule has 0 aliphatic carbocycles. The van der Waals surface area contributed by atoms with E-state index >= 15 is 0 Å². The van der Waals surface area contributed by atoms with Crippen LogP contribution < -0.4 is 5.32 Å². The second-order valence-corrected chi connectivity index (χ2v) is 9.37. The zero-order valence-electron chi connectivity index (χ0n) is 14.7. The van der Waals surface area contributed by atoms with Crippen LogP contribution in [0.15, 0.2) is 50.9 Å². The zero-order valence-corrected chi connectivity index (χ0v) is 17.0. The van der Waals surface area contributed by atoms with Crippen molar-refractivity contribution >= 4 is 55.9 Å². The van der Waals surface area contributed by atoms with Crippen LogP contribution in [0.3, 0.4) is 0 Å². The van der Waals surface area contributed by atoms with E-state index in [0.29, 0.717) is 27.0 Å². The third-order valence-corrected chi connectivity index (χ3v) is 6.92. The highest BCUT2D eigenvalue weighted by molar-refractivity contribution is 7.99. The molecule has 1 aromatic heterocycles. The van der Waals surface area contributed by atoms with E-state index in [-0.39, 0.29) is 22.3 Å². The number of anilines is 1. The average molecular weight is 425 g/mol. The van der Waals surface area contributed by atoms with Crippen molar-refractivity contribution in [2.75, 3.05) is 16.8 Å². The van der Waals surface area contributed by atoms with Gasteiger partial charge in [0.25, 0.3) is 5.22 Å². The van der Waals surface area contributed by atoms with Gasteiger partial charge in [-0.25, -0.2) is 13.4 Å². The van der Waals surface area contributed by atoms with Crippen LogP contribution in [-0.2, 0) is 14.6 Å². The summed E-state index contributed by atoms with van der Waals surface area (Å²) in [6, 6.07) is 9.85. The molecule has 0 bridgehead atoms. The number of fused-ring (bicyclic) bond motifs is 1. The minimum absolute atomic E-state index is 0.0149. The molecule has 9 heteroatoms. The molecule has 1 N–H and O–H groups in total. The maximum atomic E-state index is 12.2. The molecule has 3 aromatic rings. The highest BCUT2D eigenvalue weighted by atomic mass is 35.5. The molecule has 142 valence electrons. The quantitative estimate of drug-likeness (QED) is 0.593. The molecule has 6 nitrogen and oxygen atoms in total. The van der Waals surface area contributed by atoms with Crippen LogP contribution in [0.1, 0.15) is 12.5 Å². The third-order valence-electron chi connectivity index (χ3n) is 3.95. The first-order chi connectivity index (χ1) is 12.8. The number of hydrogen-bond acceptors (Lipinski definition) is 6. The number of carbonyl (C=O) groups excluding carboxylic acids is 1. The monoisotopic (exact) mass is 424 g/mol. The Morgan fingerprint density at radius 1 is 1.30 bits per heavy atom. The Labute approximate surface area is 166 Å². The Balaban J connectivity index is 1.70. The number of benzene rings is 2. The van der Waals surface area contributed by atoms with E-state index in [2.05, 4.69) is 10.3 Å². The number of amides is 1. The third kappa shape index (κ3) is 4.45. The first-order valence-electron chi connectivity index (χ1n) is 8.11. The fourth-order valence-electron chi connectivity index (χ4n) is 2.36. The Kier molecular flexibility index (Phi) is 5.78. The van der Waals surface area contributed by atoms with Crippen LogP contribution in [0, 0.1) is 6.92 Å². The first-order valence-corrected chi connectivity index (χ1v) is 11.1. The Hall–Kier alpha value is -2.03. The van der Waals surface area contributed by atoms with Crippen molar-refractivity contribution in [2.24, 2.45) is 0 Å². The Morgan fingerprint density at radius 3 is 2.81 bits per heavy atom. The van der Waals surface area contributed by atoms with E-state index in [1.165, 1.54) is 12.1 Å². The molecular formula is C18H17ClN2O4S2. The van der Waals surface area contributed by atoms with Gasteiger partial charge in [0, 0.05) is 10.7 Å². The van der Waals surface area contributed by atoms with Gasteiger partial charge >= 0.3 is 0 Å². The number of thioether (sulfide) groups is 1. The van der Waals surface area contributed by atoms with Gasteiger partial charge in [-0.05, 0) is 42.8 Å². The van der Waals surface area contributed by atoms with Gasteiger partial charge in [-0.1, -0.05) is 36.4 Å². The van der Waals surface area contributed by atoms with Crippen LogP contribution in [0.4, 0.5) is 5.69 Å². The van der Waals surface area contributed by atoms with Crippen LogP contribution in [0.5, 0.6) is 0 Å². The molecule has 0 aliphatic heterocycles. The summed E-state index contributed by atoms with van der Waals surface area (Å²) in [5, 5.41) is 3.68. The van der Waals surface area contributed by atoms with E-state index in [1.54, 1.807) is 31.2 Å². The molecule has 0 unspecified atom stereocenters. The summed E-state index contributed by atoms with van der Waals surface area (Å²) in [7, 11) is -3.31. The number of nitrogens with zero attached hydrogens (tertiary/aromatic N) is 1. The molecule has 0 fully saturated rings. The Bertz CT molecular complexity index is 1110. The smallest absolute Gasteiger partial charge is 0.257 e. The van der Waals surface area contributed by atoms with Crippen LogP contribution in [0.2, 0.25) is 5.02 Å². The molecule has 0 aliphatic rings. The van der Waals surface area contributed by atoms with Gasteiger partial charge in [0.1, 0.15) is 5.52 Å². The van der Waals surface area contributed by atoms with E-state index in [4.69, 9.17) is 16.0 Å². The van der Waals surface area contributed by atoms with Gasteiger partial charge in [-0.15, -0.1) is 0 Å². The molecular weight excluding hydrogens is 408 g/mol. The highest BCUT2D eigenvalue weighted by Gasteiger charge is 2.15. The van der Waals surface area contributed by atoms with E-state index in [9.17, 15) is 13.2 Å². The second-order valence-electron chi connectivity index (χ2n) is 5.76. The molecule has 3 rings (SSSR count). The number of oxazole rings is 1. The van der Waals surface area contributed by atoms with Crippen molar-refractivity contribution in [3.05, 3.63) is 47.0 Å². The van der Waals surface area contributed by atoms with Crippen molar-refractivity contribution in [1.29, 1.82) is 0 Å². The summed E-state index contributed by atoms with van der Waals surface area (Å²) in [5.41, 5.74) is 2.36. The van der Waals surface area contributed by atoms with Crippen molar-refractivity contribution in [3.63, 3.8) is 0 Å². The van der Waals surface area contributed by atoms with Gasteiger partial charge in [-0.2, -0.15) is 0 Å². The maximum Gasteiger partial charge on any atom is 0.257 e. The molecule has 27 heavy (non-hydrogen) atoms. The lowest BCUT2D eigenvalue weighted by atomic mass is 10.2. The van der Waals surface area contributed by atoms with E-state index in [0.717, 1.165) is 17.3 Å². The van der Waals surface area contributed by atoms with Gasteiger partial charge in [0.15, 0.2) is 15.4 Å². The molecule has 0 radical (unpaired) electrons. The summed E-state index contributed by atoms with van der Waals surface area (Å²) in [6.07, 6.45) is 0. The van der Waals surface area contributed by atoms with Gasteiger partial charge in [0.05, 0.1) is 16.4 Å². The van der Waals surface area contributed by atoms with Gasteiger partial charge < -0.3 is 9.73 Å². The number of sulfone groups is 1. The van der Waals surface area contributed by atoms with Crippen molar-refractivity contribution in [2.45, 2.75) is 24.0 Å². The predicted octanol–water partition coefficient (Wildman–Crippen LogP) is 4.31. The zero-order chi connectivity index (χ0) is 19.6. The SMILES string of the molecule is CCS(=O)(=O)c1ccc2oc(SCC(=O)Nc3cccc(Cl)c3C)nc2c1. The van der Waals surface area contributed by atoms with Crippen molar-refractivity contribution in [1.82, 2.24) is 4.98 Å². The first kappa shape index (κ1) is 19.7. The molecule has 0 saturated heterocycles. The summed E-state index contributed by atoms with van der Waals surface area (Å²) in [5.74, 6) is -0.109. The van der Waals surface area contributed by atoms with E-state index in [1.807, 2.05) is 6.92 Å². The summed E-state index contributed by atoms with van der Waals surface area (Å²) >= 11 is 7.18. The number of aromatic nitrogens is 1. The lowest BCUT2D eigenvalue weighted by Gasteiger charge is -2.08. The summed E-state index contributed by atoms with van der Waals surface area (Å²) < 4.78 is 29.5. The standard InChI is InChI=1S/C18H17ClN2O4S2/c1-3-27(23,24)12-7-8-16-15(9-12)21-18(25-16)26-10-17(22)20-14-6-4-5-13(19)11(14)2/h4-9H,3,10H2,1-2H3,(H,20,22). The number of rotatable bonds is 6. The topological polar surface area (TPSA) is 89.3 Å². The number of hydrogen-bond donors (Lipinski definition) is 1. The summed E-state index contributed by atoms with van der Waals surface area (Å²) in [4.78, 5) is 16.6. The normalized spacial score (nSPS) is 11.7. The fourth-order valence-corrected chi connectivity index (χ4v) is 4.08. The average Bonchev–Trinajstić information content (AvgIpc) is 3.06. The molecule has 0 atom stereocenters. The van der Waals surface area contributed by atoms with Crippen molar-refractivity contribution < 1.29 is 17.6 Å². The molecule has 2 aromatic carbocycles. The molecule has 1 heterocycles. The van der Waals surface area contributed by atoms with E-state index < -0.39 is 9.84 Å². The largest absolute Gasteiger partial charge is 0.431 e. The summed E-state index contributed by atoms with van der Waals surface area (Å²) in [6.45, 7) is 3.41. The second kappa shape index (κ2) is 7.92. The molecule has 0 saturated carbocycles. The minimum Gasteiger partial charge on any atom is -0.431 e. The maximum absolute atomic E-state index is 12.2. The van der Waals surface area contributed by atoms with Crippen LogP contribution in [0.25, 0.3) is 11.1 Å². The molecule has 1 amide bonds. The lowest BCUT2D eigenvalue weighted by Crippen LogP contribution is -2.14. The lowest BCUT2D eigenvalue weighted by molar-refractivity contribution is -0.113. The number of carbonyl (C=O) groups is 1. The fraction of sp³-hybridized carbons (Fsp3) is 0.222. The molecule has 0 spiro atoms. The van der Waals surface area contributed by atoms with Crippen molar-refractivity contribution in [3.8, 4) is 0 Å². The predicted molar refractivity (Wildman–Crippen MR) is 107 cm³/mol. The highest BCUT2D eigenvalue weighted by Crippen LogP contribution is 2.27. The Morgan fingerprint density at radius 2 is 2.07 bits per heavy atom. The van der Waals surface area contributed by atoms with Crippen LogP contribution in [-0.4, -0.2) is 30.8 Å². The number of halogens is 1. The van der Waals surface area contributed by atoms with Gasteiger partial charge in [-0.3, -0.25) is 4.79 Å². The van der Waals surface area contributed by atoms with Gasteiger partial charge in [0.2, 0.25) is 5.91 Å².